The molecule has 1 N–H and O–H groups in total. The van der Waals surface area contributed by atoms with E-state index in [-0.39, 0.29) is 11.4 Å². The normalized spacial score (nSPS) is 23.9. The van der Waals surface area contributed by atoms with Gasteiger partial charge in [0.25, 0.3) is 0 Å². The molecule has 110 valence electrons. The van der Waals surface area contributed by atoms with Gasteiger partial charge in [0.1, 0.15) is 5.54 Å². The molecule has 0 spiro atoms. The summed E-state index contributed by atoms with van der Waals surface area (Å²) in [4.78, 5) is 11.5. The fraction of sp³-hybridized carbons (Fsp3) is 0.417. The smallest absolute Gasteiger partial charge is 0.324 e. The second-order valence-electron chi connectivity index (χ2n) is 4.83. The summed E-state index contributed by atoms with van der Waals surface area (Å²) in [6.45, 7) is 1.67. The van der Waals surface area contributed by atoms with Gasteiger partial charge in [0, 0.05) is 15.5 Å². The molecule has 1 saturated heterocycles. The van der Waals surface area contributed by atoms with E-state index in [9.17, 15) is 18.3 Å². The predicted molar refractivity (Wildman–Crippen MR) is 81.0 cm³/mol. The highest BCUT2D eigenvalue weighted by atomic mass is 79.9. The molecule has 0 amide bonds. The summed E-state index contributed by atoms with van der Waals surface area (Å²) in [6.07, 6.45) is 0.853. The average Bonchev–Trinajstić information content (AvgIpc) is 2.73. The summed E-state index contributed by atoms with van der Waals surface area (Å²) in [5.74, 6) is -1.12. The molecule has 0 aliphatic carbocycles. The maximum absolute atomic E-state index is 12.7. The van der Waals surface area contributed by atoms with E-state index >= 15 is 0 Å². The van der Waals surface area contributed by atoms with E-state index in [1.165, 1.54) is 13.0 Å². The SMILES string of the molecule is CC1(C(=O)O)CCCN1S(=O)(=O)c1ccc(Br)cc1Br. The lowest BCUT2D eigenvalue weighted by atomic mass is 10.0. The van der Waals surface area contributed by atoms with Crippen molar-refractivity contribution in [3.63, 3.8) is 0 Å². The minimum atomic E-state index is -3.85. The van der Waals surface area contributed by atoms with Crippen molar-refractivity contribution < 1.29 is 18.3 Å². The zero-order valence-corrected chi connectivity index (χ0v) is 14.6. The van der Waals surface area contributed by atoms with Crippen LogP contribution in [0.25, 0.3) is 0 Å². The largest absolute Gasteiger partial charge is 0.480 e. The number of aliphatic carboxylic acids is 1. The van der Waals surface area contributed by atoms with Crippen molar-refractivity contribution >= 4 is 47.9 Å². The first-order valence-electron chi connectivity index (χ1n) is 5.91. The van der Waals surface area contributed by atoms with Gasteiger partial charge in [-0.05, 0) is 53.9 Å². The minimum Gasteiger partial charge on any atom is -0.480 e. The standard InChI is InChI=1S/C12H13Br2NO4S/c1-12(11(16)17)5-2-6-15(12)20(18,19)10-4-3-8(13)7-9(10)14/h3-4,7H,2,5-6H2,1H3,(H,16,17). The van der Waals surface area contributed by atoms with Crippen molar-refractivity contribution in [3.8, 4) is 0 Å². The summed E-state index contributed by atoms with van der Waals surface area (Å²) in [5.41, 5.74) is -1.38. The Kier molecular flexibility index (Phi) is 4.30. The maximum Gasteiger partial charge on any atom is 0.324 e. The molecule has 5 nitrogen and oxygen atoms in total. The predicted octanol–water partition coefficient (Wildman–Crippen LogP) is 2.84. The minimum absolute atomic E-state index is 0.0788. The van der Waals surface area contributed by atoms with Crippen LogP contribution >= 0.6 is 31.9 Å². The quantitative estimate of drug-likeness (QED) is 0.806. The molecule has 1 unspecified atom stereocenters. The number of carbonyl (C=O) groups is 1. The lowest BCUT2D eigenvalue weighted by Gasteiger charge is -2.30. The number of sulfonamides is 1. The van der Waals surface area contributed by atoms with Crippen LogP contribution in [0.3, 0.4) is 0 Å². The second-order valence-corrected chi connectivity index (χ2v) is 8.44. The molecule has 0 radical (unpaired) electrons. The van der Waals surface area contributed by atoms with Gasteiger partial charge in [0.2, 0.25) is 10.0 Å². The number of nitrogens with zero attached hydrogens (tertiary/aromatic N) is 1. The molecule has 1 fully saturated rings. The van der Waals surface area contributed by atoms with Crippen LogP contribution in [-0.4, -0.2) is 35.9 Å². The first-order valence-corrected chi connectivity index (χ1v) is 8.93. The maximum atomic E-state index is 12.7. The van der Waals surface area contributed by atoms with Crippen molar-refractivity contribution in [2.75, 3.05) is 6.54 Å². The molecule has 20 heavy (non-hydrogen) atoms. The third kappa shape index (κ3) is 2.54. The van der Waals surface area contributed by atoms with E-state index in [1.807, 2.05) is 0 Å². The molecule has 1 aliphatic heterocycles. The van der Waals surface area contributed by atoms with Gasteiger partial charge >= 0.3 is 5.97 Å². The number of halogens is 2. The van der Waals surface area contributed by atoms with E-state index in [0.717, 1.165) is 8.78 Å². The van der Waals surface area contributed by atoms with Gasteiger partial charge in [-0.1, -0.05) is 15.9 Å². The third-order valence-electron chi connectivity index (χ3n) is 3.50. The molecule has 1 atom stereocenters. The Balaban J connectivity index is 2.53. The van der Waals surface area contributed by atoms with E-state index in [1.54, 1.807) is 12.1 Å². The Morgan fingerprint density at radius 1 is 1.40 bits per heavy atom. The number of hydrogen-bond acceptors (Lipinski definition) is 3. The van der Waals surface area contributed by atoms with Crippen LogP contribution in [0.2, 0.25) is 0 Å². The zero-order chi connectivity index (χ0) is 15.1. The van der Waals surface area contributed by atoms with Gasteiger partial charge in [0.15, 0.2) is 0 Å². The van der Waals surface area contributed by atoms with E-state index in [4.69, 9.17) is 0 Å². The number of carboxylic acid groups (broad SMARTS) is 1. The molecule has 2 rings (SSSR count). The van der Waals surface area contributed by atoms with E-state index in [0.29, 0.717) is 17.3 Å². The molecule has 1 aromatic rings. The van der Waals surface area contributed by atoms with Crippen LogP contribution in [-0.2, 0) is 14.8 Å². The van der Waals surface area contributed by atoms with Crippen LogP contribution in [0.1, 0.15) is 19.8 Å². The first kappa shape index (κ1) is 15.9. The number of rotatable bonds is 3. The summed E-state index contributed by atoms with van der Waals surface area (Å²) in [6, 6.07) is 4.71. The van der Waals surface area contributed by atoms with Gasteiger partial charge in [-0.3, -0.25) is 4.79 Å². The van der Waals surface area contributed by atoms with Gasteiger partial charge in [-0.25, -0.2) is 8.42 Å². The molecular formula is C12H13Br2NO4S. The first-order chi connectivity index (χ1) is 9.19. The molecule has 1 aromatic carbocycles. The van der Waals surface area contributed by atoms with Crippen LogP contribution in [0.5, 0.6) is 0 Å². The lowest BCUT2D eigenvalue weighted by molar-refractivity contribution is -0.146. The molecule has 1 aliphatic rings. The summed E-state index contributed by atoms with van der Waals surface area (Å²) >= 11 is 6.48. The highest BCUT2D eigenvalue weighted by Gasteiger charge is 2.50. The third-order valence-corrected chi connectivity index (χ3v) is 6.99. The van der Waals surface area contributed by atoms with Crippen molar-refractivity contribution in [2.24, 2.45) is 0 Å². The van der Waals surface area contributed by atoms with Crippen molar-refractivity contribution in [1.29, 1.82) is 0 Å². The second kappa shape index (κ2) is 5.40. The molecule has 0 saturated carbocycles. The van der Waals surface area contributed by atoms with Crippen molar-refractivity contribution in [2.45, 2.75) is 30.2 Å². The van der Waals surface area contributed by atoms with E-state index in [2.05, 4.69) is 31.9 Å². The topological polar surface area (TPSA) is 74.7 Å². The highest BCUT2D eigenvalue weighted by molar-refractivity contribution is 9.11. The number of benzene rings is 1. The highest BCUT2D eigenvalue weighted by Crippen LogP contribution is 2.37. The molecule has 0 aromatic heterocycles. The summed E-state index contributed by atoms with van der Waals surface area (Å²) in [5, 5.41) is 9.34. The number of carboxylic acids is 1. The fourth-order valence-corrected chi connectivity index (χ4v) is 5.85. The Morgan fingerprint density at radius 3 is 2.60 bits per heavy atom. The van der Waals surface area contributed by atoms with Gasteiger partial charge < -0.3 is 5.11 Å². The zero-order valence-electron chi connectivity index (χ0n) is 10.6. The van der Waals surface area contributed by atoms with Crippen LogP contribution in [0.4, 0.5) is 0 Å². The summed E-state index contributed by atoms with van der Waals surface area (Å²) in [7, 11) is -3.85. The average molecular weight is 427 g/mol. The molecule has 1 heterocycles. The fourth-order valence-electron chi connectivity index (χ4n) is 2.34. The molecular weight excluding hydrogens is 414 g/mol. The Morgan fingerprint density at radius 2 is 2.05 bits per heavy atom. The Labute approximate surface area is 134 Å². The Hall–Kier alpha value is -0.440. The van der Waals surface area contributed by atoms with Gasteiger partial charge in [-0.15, -0.1) is 0 Å². The van der Waals surface area contributed by atoms with Crippen LogP contribution in [0.15, 0.2) is 32.0 Å². The van der Waals surface area contributed by atoms with Crippen molar-refractivity contribution in [1.82, 2.24) is 4.31 Å². The van der Waals surface area contributed by atoms with Gasteiger partial charge in [0.05, 0.1) is 4.90 Å². The van der Waals surface area contributed by atoms with Crippen molar-refractivity contribution in [3.05, 3.63) is 27.1 Å². The molecule has 0 bridgehead atoms. The van der Waals surface area contributed by atoms with Gasteiger partial charge in [-0.2, -0.15) is 4.31 Å². The molecule has 8 heteroatoms. The van der Waals surface area contributed by atoms with E-state index < -0.39 is 21.5 Å². The summed E-state index contributed by atoms with van der Waals surface area (Å²) < 4.78 is 27.6. The monoisotopic (exact) mass is 425 g/mol. The number of hydrogen-bond donors (Lipinski definition) is 1. The lowest BCUT2D eigenvalue weighted by Crippen LogP contribution is -2.50. The van der Waals surface area contributed by atoms with Crippen LogP contribution in [0, 0.1) is 0 Å². The van der Waals surface area contributed by atoms with Crippen LogP contribution < -0.4 is 0 Å². The Bertz CT molecular complexity index is 661.